The van der Waals surface area contributed by atoms with Crippen LogP contribution in [0.1, 0.15) is 26.3 Å². The summed E-state index contributed by atoms with van der Waals surface area (Å²) in [5.41, 5.74) is 5.73. The van der Waals surface area contributed by atoms with Crippen LogP contribution in [-0.4, -0.2) is 36.5 Å². The van der Waals surface area contributed by atoms with E-state index in [1.54, 1.807) is 32.2 Å². The van der Waals surface area contributed by atoms with Gasteiger partial charge in [0.2, 0.25) is 5.13 Å². The van der Waals surface area contributed by atoms with Gasteiger partial charge in [0.25, 0.3) is 0 Å². The number of carbonyl (C=O) groups is 1. The molecule has 3 rings (SSSR count). The largest absolute Gasteiger partial charge is 0.490 e. The number of nitrogens with one attached hydrogen (secondary N) is 1. The lowest BCUT2D eigenvalue weighted by Crippen LogP contribution is -2.26. The van der Waals surface area contributed by atoms with Gasteiger partial charge < -0.3 is 14.2 Å². The zero-order chi connectivity index (χ0) is 22.1. The van der Waals surface area contributed by atoms with Crippen LogP contribution in [0.15, 0.2) is 59.0 Å². The summed E-state index contributed by atoms with van der Waals surface area (Å²) in [6.45, 7) is 6.05. The molecule has 0 spiro atoms. The first-order valence-corrected chi connectivity index (χ1v) is 10.9. The first-order valence-electron chi connectivity index (χ1n) is 10.0. The molecule has 1 aromatic heterocycles. The summed E-state index contributed by atoms with van der Waals surface area (Å²) in [5.74, 6) is 0.584. The molecule has 0 fully saturated rings. The zero-order valence-electron chi connectivity index (χ0n) is 17.7. The van der Waals surface area contributed by atoms with Gasteiger partial charge >= 0.3 is 5.97 Å². The number of nitrogens with zero attached hydrogens (tertiary/aromatic N) is 2. The Balaban J connectivity index is 1.66. The van der Waals surface area contributed by atoms with Gasteiger partial charge in [-0.3, -0.25) is 5.43 Å². The van der Waals surface area contributed by atoms with Gasteiger partial charge in [0.1, 0.15) is 0 Å². The van der Waals surface area contributed by atoms with Crippen molar-refractivity contribution in [3.8, 4) is 22.8 Å². The highest BCUT2D eigenvalue weighted by Crippen LogP contribution is 2.29. The number of carbonyl (C=O) groups excluding carboxylic acids is 1. The standard InChI is InChI=1S/C23H25N3O4S/c1-4-28-21-13-17(11-12-20(21)30-16(3)22(27)29-5-2)14-24-26-23-25-19(15-31-23)18-9-7-6-8-10-18/h6-16H,4-5H2,1-3H3,(H,25,26). The van der Waals surface area contributed by atoms with E-state index in [4.69, 9.17) is 14.2 Å². The van der Waals surface area contributed by atoms with E-state index in [-0.39, 0.29) is 0 Å². The Morgan fingerprint density at radius 2 is 1.97 bits per heavy atom. The molecule has 7 nitrogen and oxygen atoms in total. The van der Waals surface area contributed by atoms with Crippen molar-refractivity contribution in [3.05, 3.63) is 59.5 Å². The predicted octanol–water partition coefficient (Wildman–Crippen LogP) is 4.99. The Hall–Kier alpha value is -3.39. The van der Waals surface area contributed by atoms with E-state index in [9.17, 15) is 4.79 Å². The lowest BCUT2D eigenvalue weighted by molar-refractivity contribution is -0.150. The molecule has 1 heterocycles. The molecule has 0 radical (unpaired) electrons. The number of rotatable bonds is 10. The average Bonchev–Trinajstić information content (AvgIpc) is 3.25. The van der Waals surface area contributed by atoms with Crippen LogP contribution in [0.25, 0.3) is 11.3 Å². The van der Waals surface area contributed by atoms with Crippen molar-refractivity contribution < 1.29 is 19.0 Å². The Morgan fingerprint density at radius 1 is 1.16 bits per heavy atom. The molecular formula is C23H25N3O4S. The minimum atomic E-state index is -0.732. The molecule has 3 aromatic rings. The predicted molar refractivity (Wildman–Crippen MR) is 123 cm³/mol. The topological polar surface area (TPSA) is 82.0 Å². The Bertz CT molecular complexity index is 1020. The summed E-state index contributed by atoms with van der Waals surface area (Å²) in [4.78, 5) is 16.4. The third kappa shape index (κ3) is 6.29. The fraction of sp³-hybridized carbons (Fsp3) is 0.261. The maximum Gasteiger partial charge on any atom is 0.347 e. The smallest absolute Gasteiger partial charge is 0.347 e. The Morgan fingerprint density at radius 3 is 2.71 bits per heavy atom. The number of hydrazone groups is 1. The fourth-order valence-electron chi connectivity index (χ4n) is 2.70. The van der Waals surface area contributed by atoms with Gasteiger partial charge in [-0.05, 0) is 44.5 Å². The molecule has 0 saturated carbocycles. The number of esters is 1. The third-order valence-corrected chi connectivity index (χ3v) is 4.88. The molecule has 8 heteroatoms. The van der Waals surface area contributed by atoms with Crippen LogP contribution in [-0.2, 0) is 9.53 Å². The van der Waals surface area contributed by atoms with Gasteiger partial charge in [0.05, 0.1) is 25.1 Å². The van der Waals surface area contributed by atoms with Crippen molar-refractivity contribution >= 4 is 28.7 Å². The number of hydrogen-bond donors (Lipinski definition) is 1. The molecule has 0 bridgehead atoms. The third-order valence-electron chi connectivity index (χ3n) is 4.14. The number of aromatic nitrogens is 1. The Labute approximate surface area is 185 Å². The van der Waals surface area contributed by atoms with Crippen LogP contribution in [0.5, 0.6) is 11.5 Å². The number of anilines is 1. The van der Waals surface area contributed by atoms with Crippen molar-refractivity contribution in [3.63, 3.8) is 0 Å². The van der Waals surface area contributed by atoms with Gasteiger partial charge in [-0.25, -0.2) is 9.78 Å². The van der Waals surface area contributed by atoms with Gasteiger partial charge in [0, 0.05) is 10.9 Å². The minimum Gasteiger partial charge on any atom is -0.490 e. The molecule has 0 amide bonds. The second-order valence-electron chi connectivity index (χ2n) is 6.43. The molecule has 31 heavy (non-hydrogen) atoms. The fourth-order valence-corrected chi connectivity index (χ4v) is 3.37. The molecule has 0 aliphatic heterocycles. The van der Waals surface area contributed by atoms with Crippen LogP contribution in [0.2, 0.25) is 0 Å². The molecule has 1 atom stereocenters. The number of thiazole rings is 1. The second-order valence-corrected chi connectivity index (χ2v) is 7.28. The van der Waals surface area contributed by atoms with Gasteiger partial charge in [0.15, 0.2) is 17.6 Å². The Kier molecular flexibility index (Phi) is 8.00. The minimum absolute atomic E-state index is 0.305. The van der Waals surface area contributed by atoms with Gasteiger partial charge in [-0.15, -0.1) is 11.3 Å². The lowest BCUT2D eigenvalue weighted by atomic mass is 10.2. The van der Waals surface area contributed by atoms with E-state index in [2.05, 4.69) is 15.5 Å². The summed E-state index contributed by atoms with van der Waals surface area (Å²) in [6.07, 6.45) is 0.939. The van der Waals surface area contributed by atoms with Crippen LogP contribution in [0, 0.1) is 0 Å². The molecule has 162 valence electrons. The van der Waals surface area contributed by atoms with Crippen molar-refractivity contribution in [1.82, 2.24) is 4.98 Å². The molecule has 0 aliphatic carbocycles. The molecule has 0 aliphatic rings. The first-order chi connectivity index (χ1) is 15.1. The maximum atomic E-state index is 11.8. The normalized spacial score (nSPS) is 11.8. The van der Waals surface area contributed by atoms with E-state index >= 15 is 0 Å². The quantitative estimate of drug-likeness (QED) is 0.272. The summed E-state index contributed by atoms with van der Waals surface area (Å²) in [6, 6.07) is 15.4. The molecule has 2 aromatic carbocycles. The van der Waals surface area contributed by atoms with Gasteiger partial charge in [-0.2, -0.15) is 5.10 Å². The van der Waals surface area contributed by atoms with Crippen LogP contribution < -0.4 is 14.9 Å². The first kappa shape index (κ1) is 22.3. The van der Waals surface area contributed by atoms with Crippen molar-refractivity contribution in [2.45, 2.75) is 26.9 Å². The van der Waals surface area contributed by atoms with Crippen molar-refractivity contribution in [1.29, 1.82) is 0 Å². The second kappa shape index (κ2) is 11.1. The molecule has 1 unspecified atom stereocenters. The summed E-state index contributed by atoms with van der Waals surface area (Å²) in [7, 11) is 0. The highest BCUT2D eigenvalue weighted by atomic mass is 32.1. The molecule has 0 saturated heterocycles. The molecular weight excluding hydrogens is 414 g/mol. The van der Waals surface area contributed by atoms with Crippen molar-refractivity contribution in [2.75, 3.05) is 18.6 Å². The lowest BCUT2D eigenvalue weighted by Gasteiger charge is -2.16. The van der Waals surface area contributed by atoms with E-state index in [0.29, 0.717) is 29.8 Å². The highest BCUT2D eigenvalue weighted by molar-refractivity contribution is 7.14. The number of hydrogen-bond acceptors (Lipinski definition) is 8. The van der Waals surface area contributed by atoms with E-state index in [1.807, 2.05) is 48.7 Å². The zero-order valence-corrected chi connectivity index (χ0v) is 18.5. The van der Waals surface area contributed by atoms with E-state index in [1.165, 1.54) is 11.3 Å². The van der Waals surface area contributed by atoms with E-state index in [0.717, 1.165) is 16.8 Å². The van der Waals surface area contributed by atoms with E-state index < -0.39 is 12.1 Å². The molecule has 1 N–H and O–H groups in total. The van der Waals surface area contributed by atoms with Crippen LogP contribution >= 0.6 is 11.3 Å². The summed E-state index contributed by atoms with van der Waals surface area (Å²) >= 11 is 1.48. The number of ether oxygens (including phenoxy) is 3. The summed E-state index contributed by atoms with van der Waals surface area (Å²) < 4.78 is 16.4. The van der Waals surface area contributed by atoms with Crippen molar-refractivity contribution in [2.24, 2.45) is 5.10 Å². The average molecular weight is 440 g/mol. The SMILES string of the molecule is CCOC(=O)C(C)Oc1ccc(C=NNc2nc(-c3ccccc3)cs2)cc1OCC. The maximum absolute atomic E-state index is 11.8. The highest BCUT2D eigenvalue weighted by Gasteiger charge is 2.18. The van der Waals surface area contributed by atoms with Crippen LogP contribution in [0.4, 0.5) is 5.13 Å². The number of benzene rings is 2. The monoisotopic (exact) mass is 439 g/mol. The van der Waals surface area contributed by atoms with Crippen LogP contribution in [0.3, 0.4) is 0 Å². The van der Waals surface area contributed by atoms with Gasteiger partial charge in [-0.1, -0.05) is 30.3 Å². The summed E-state index contributed by atoms with van der Waals surface area (Å²) in [5, 5.41) is 6.95.